The summed E-state index contributed by atoms with van der Waals surface area (Å²) in [4.78, 5) is 12.4. The first-order valence-corrected chi connectivity index (χ1v) is 7.87. The predicted octanol–water partition coefficient (Wildman–Crippen LogP) is 2.96. The third-order valence-electron chi connectivity index (χ3n) is 4.56. The molecule has 0 saturated heterocycles. The minimum atomic E-state index is -0.0248. The Morgan fingerprint density at radius 2 is 2.00 bits per heavy atom. The Hall–Kier alpha value is -1.03. The third kappa shape index (κ3) is 3.00. The topological polar surface area (TPSA) is 46.9 Å². The van der Waals surface area contributed by atoms with Gasteiger partial charge in [-0.25, -0.2) is 0 Å². The van der Waals surface area contributed by atoms with Gasteiger partial charge in [-0.15, -0.1) is 11.6 Å². The Morgan fingerprint density at radius 1 is 1.35 bits per heavy atom. The summed E-state index contributed by atoms with van der Waals surface area (Å²) in [5.41, 5.74) is 2.47. The van der Waals surface area contributed by atoms with E-state index in [4.69, 9.17) is 11.6 Å². The van der Waals surface area contributed by atoms with Crippen molar-refractivity contribution < 1.29 is 4.79 Å². The van der Waals surface area contributed by atoms with Gasteiger partial charge in [0.2, 0.25) is 0 Å². The zero-order chi connectivity index (χ0) is 14.8. The van der Waals surface area contributed by atoms with E-state index < -0.39 is 0 Å². The lowest BCUT2D eigenvalue weighted by Gasteiger charge is -2.35. The van der Waals surface area contributed by atoms with Crippen LogP contribution in [0.3, 0.4) is 0 Å². The van der Waals surface area contributed by atoms with Crippen molar-refractivity contribution in [3.8, 4) is 0 Å². The summed E-state index contributed by atoms with van der Waals surface area (Å²) in [6.45, 7) is 4.47. The summed E-state index contributed by atoms with van der Waals surface area (Å²) in [6.07, 6.45) is 5.94. The highest BCUT2D eigenvalue weighted by Crippen LogP contribution is 2.36. The number of halogens is 1. The van der Waals surface area contributed by atoms with Gasteiger partial charge < -0.3 is 5.32 Å². The highest BCUT2D eigenvalue weighted by molar-refractivity contribution is 6.18. The number of hydrogen-bond acceptors (Lipinski definition) is 2. The normalized spacial score (nSPS) is 18.0. The lowest BCUT2D eigenvalue weighted by atomic mass is 9.75. The lowest BCUT2D eigenvalue weighted by Crippen LogP contribution is -2.40. The summed E-state index contributed by atoms with van der Waals surface area (Å²) in [6, 6.07) is 0. The van der Waals surface area contributed by atoms with E-state index in [1.54, 1.807) is 4.68 Å². The second-order valence-electron chi connectivity index (χ2n) is 6.05. The van der Waals surface area contributed by atoms with Crippen LogP contribution in [0, 0.1) is 19.3 Å². The molecule has 0 radical (unpaired) electrons. The monoisotopic (exact) mass is 297 g/mol. The molecule has 1 heterocycles. The van der Waals surface area contributed by atoms with Crippen molar-refractivity contribution in [3.05, 3.63) is 17.0 Å². The molecule has 2 rings (SSSR count). The van der Waals surface area contributed by atoms with Gasteiger partial charge in [-0.05, 0) is 26.7 Å². The largest absolute Gasteiger partial charge is 0.351 e. The molecule has 112 valence electrons. The summed E-state index contributed by atoms with van der Waals surface area (Å²) in [7, 11) is 1.86. The molecule has 1 aliphatic carbocycles. The van der Waals surface area contributed by atoms with Crippen LogP contribution < -0.4 is 5.32 Å². The molecule has 0 unspecified atom stereocenters. The van der Waals surface area contributed by atoms with E-state index in [1.165, 1.54) is 19.3 Å². The van der Waals surface area contributed by atoms with Crippen molar-refractivity contribution in [1.82, 2.24) is 15.1 Å². The Bertz CT molecular complexity index is 490. The smallest absolute Gasteiger partial charge is 0.255 e. The molecule has 4 nitrogen and oxygen atoms in total. The standard InChI is InChI=1S/C15H24ClN3O/c1-11-13(12(2)19(3)18-11)14(20)17-10-15(9-16)7-5-4-6-8-15/h4-10H2,1-3H3,(H,17,20). The number of nitrogens with one attached hydrogen (secondary N) is 1. The molecule has 1 aliphatic rings. The molecule has 5 heteroatoms. The fourth-order valence-electron chi connectivity index (χ4n) is 3.12. The van der Waals surface area contributed by atoms with Gasteiger partial charge in [-0.2, -0.15) is 5.10 Å². The number of carbonyl (C=O) groups excluding carboxylic acids is 1. The van der Waals surface area contributed by atoms with Gasteiger partial charge in [-0.1, -0.05) is 19.3 Å². The molecular weight excluding hydrogens is 274 g/mol. The number of aromatic nitrogens is 2. The zero-order valence-corrected chi connectivity index (χ0v) is 13.4. The molecule has 0 aliphatic heterocycles. The second kappa shape index (κ2) is 6.17. The minimum Gasteiger partial charge on any atom is -0.351 e. The molecule has 1 saturated carbocycles. The highest BCUT2D eigenvalue weighted by Gasteiger charge is 2.32. The van der Waals surface area contributed by atoms with E-state index in [9.17, 15) is 4.79 Å². The van der Waals surface area contributed by atoms with Gasteiger partial charge >= 0.3 is 0 Å². The van der Waals surface area contributed by atoms with E-state index in [1.807, 2.05) is 20.9 Å². The third-order valence-corrected chi connectivity index (χ3v) is 5.12. The molecule has 0 atom stereocenters. The first-order valence-electron chi connectivity index (χ1n) is 7.33. The fraction of sp³-hybridized carbons (Fsp3) is 0.733. The van der Waals surface area contributed by atoms with Crippen LogP contribution in [0.15, 0.2) is 0 Å². The van der Waals surface area contributed by atoms with Crippen molar-refractivity contribution in [2.75, 3.05) is 12.4 Å². The van der Waals surface area contributed by atoms with Crippen LogP contribution in [0.25, 0.3) is 0 Å². The maximum Gasteiger partial charge on any atom is 0.255 e. The van der Waals surface area contributed by atoms with E-state index in [0.29, 0.717) is 18.0 Å². The van der Waals surface area contributed by atoms with Crippen molar-refractivity contribution in [3.63, 3.8) is 0 Å². The summed E-state index contributed by atoms with van der Waals surface area (Å²) in [5, 5.41) is 7.37. The minimum absolute atomic E-state index is 0.0248. The first kappa shape index (κ1) is 15.4. The van der Waals surface area contributed by atoms with Crippen LogP contribution in [-0.4, -0.2) is 28.1 Å². The molecular formula is C15H24ClN3O. The molecule has 0 aromatic carbocycles. The average Bonchev–Trinajstić information content (AvgIpc) is 2.71. The van der Waals surface area contributed by atoms with Crippen LogP contribution in [0.5, 0.6) is 0 Å². The Balaban J connectivity index is 2.04. The molecule has 20 heavy (non-hydrogen) atoms. The van der Waals surface area contributed by atoms with Crippen LogP contribution >= 0.6 is 11.6 Å². The second-order valence-corrected chi connectivity index (χ2v) is 6.31. The molecule has 1 N–H and O–H groups in total. The van der Waals surface area contributed by atoms with Gasteiger partial charge in [-0.3, -0.25) is 9.48 Å². The number of nitrogens with zero attached hydrogens (tertiary/aromatic N) is 2. The number of rotatable bonds is 4. The quantitative estimate of drug-likeness (QED) is 0.869. The maximum atomic E-state index is 12.4. The SMILES string of the molecule is Cc1nn(C)c(C)c1C(=O)NCC1(CCl)CCCCC1. The number of carbonyl (C=O) groups is 1. The number of hydrogen-bond donors (Lipinski definition) is 1. The van der Waals surface area contributed by atoms with Crippen molar-refractivity contribution in [2.45, 2.75) is 46.0 Å². The summed E-state index contributed by atoms with van der Waals surface area (Å²) < 4.78 is 1.75. The van der Waals surface area contributed by atoms with Gasteiger partial charge in [0.15, 0.2) is 0 Å². The molecule has 1 amide bonds. The van der Waals surface area contributed by atoms with Crippen molar-refractivity contribution in [1.29, 1.82) is 0 Å². The Labute approximate surface area is 125 Å². The average molecular weight is 298 g/mol. The molecule has 0 bridgehead atoms. The first-order chi connectivity index (χ1) is 9.49. The highest BCUT2D eigenvalue weighted by atomic mass is 35.5. The van der Waals surface area contributed by atoms with Crippen LogP contribution in [0.1, 0.15) is 53.8 Å². The molecule has 1 fully saturated rings. The van der Waals surface area contributed by atoms with Crippen molar-refractivity contribution in [2.24, 2.45) is 12.5 Å². The van der Waals surface area contributed by atoms with Crippen molar-refractivity contribution >= 4 is 17.5 Å². The van der Waals surface area contributed by atoms with E-state index in [-0.39, 0.29) is 11.3 Å². The summed E-state index contributed by atoms with van der Waals surface area (Å²) >= 11 is 6.17. The number of amides is 1. The Morgan fingerprint density at radius 3 is 2.50 bits per heavy atom. The fourth-order valence-corrected chi connectivity index (χ4v) is 3.48. The van der Waals surface area contributed by atoms with E-state index in [0.717, 1.165) is 24.2 Å². The van der Waals surface area contributed by atoms with Crippen LogP contribution in [-0.2, 0) is 7.05 Å². The van der Waals surface area contributed by atoms with Crippen LogP contribution in [0.2, 0.25) is 0 Å². The predicted molar refractivity (Wildman–Crippen MR) is 81.3 cm³/mol. The number of aryl methyl sites for hydroxylation is 2. The van der Waals surface area contributed by atoms with Gasteiger partial charge in [0.1, 0.15) is 0 Å². The maximum absolute atomic E-state index is 12.4. The van der Waals surface area contributed by atoms with E-state index >= 15 is 0 Å². The van der Waals surface area contributed by atoms with Gasteiger partial charge in [0, 0.05) is 30.6 Å². The lowest BCUT2D eigenvalue weighted by molar-refractivity contribution is 0.0919. The van der Waals surface area contributed by atoms with E-state index in [2.05, 4.69) is 10.4 Å². The zero-order valence-electron chi connectivity index (χ0n) is 12.6. The van der Waals surface area contributed by atoms with Crippen LogP contribution in [0.4, 0.5) is 0 Å². The summed E-state index contributed by atoms with van der Waals surface area (Å²) in [5.74, 6) is 0.598. The number of alkyl halides is 1. The molecule has 1 aromatic rings. The Kier molecular flexibility index (Phi) is 4.74. The van der Waals surface area contributed by atoms with Gasteiger partial charge in [0.25, 0.3) is 5.91 Å². The molecule has 0 spiro atoms. The molecule has 1 aromatic heterocycles. The van der Waals surface area contributed by atoms with Gasteiger partial charge in [0.05, 0.1) is 11.3 Å².